The summed E-state index contributed by atoms with van der Waals surface area (Å²) in [7, 11) is -3.98. The quantitative estimate of drug-likeness (QED) is 0.373. The monoisotopic (exact) mass is 519 g/mol. The second-order valence-corrected chi connectivity index (χ2v) is 10.5. The molecule has 0 saturated heterocycles. The van der Waals surface area contributed by atoms with Crippen LogP contribution in [-0.2, 0) is 26.6 Å². The van der Waals surface area contributed by atoms with Gasteiger partial charge in [0.15, 0.2) is 16.9 Å². The van der Waals surface area contributed by atoms with E-state index in [1.54, 1.807) is 13.8 Å². The molecule has 1 aliphatic rings. The predicted molar refractivity (Wildman–Crippen MR) is 114 cm³/mol. The van der Waals surface area contributed by atoms with Crippen LogP contribution in [0.25, 0.3) is 11.0 Å². The third-order valence-electron chi connectivity index (χ3n) is 5.20. The largest absolute Gasteiger partial charge is 0.416 e. The normalized spacial score (nSPS) is 16.7. The number of nitrogens with one attached hydrogen (secondary N) is 1. The zero-order chi connectivity index (χ0) is 25.8. The highest BCUT2D eigenvalue weighted by atomic mass is 32.2. The Hall–Kier alpha value is -3.26. The van der Waals surface area contributed by atoms with Gasteiger partial charge in [0.25, 0.3) is 0 Å². The van der Waals surface area contributed by atoms with Crippen molar-refractivity contribution in [2.45, 2.75) is 44.0 Å². The van der Waals surface area contributed by atoms with Crippen molar-refractivity contribution >= 4 is 31.5 Å². The summed E-state index contributed by atoms with van der Waals surface area (Å²) in [6.45, 7) is 3.31. The van der Waals surface area contributed by atoms with Gasteiger partial charge in [-0.1, -0.05) is 16.4 Å². The number of sulfone groups is 1. The lowest BCUT2D eigenvalue weighted by Gasteiger charge is -2.20. The predicted octanol–water partition coefficient (Wildman–Crippen LogP) is 4.66. The van der Waals surface area contributed by atoms with Gasteiger partial charge in [0.2, 0.25) is 9.84 Å². The molecular formula is C21H18F5N3O5S. The van der Waals surface area contributed by atoms with E-state index in [0.717, 1.165) is 18.2 Å². The van der Waals surface area contributed by atoms with Gasteiger partial charge in [-0.2, -0.15) is 13.2 Å². The molecule has 0 fully saturated rings. The minimum Gasteiger partial charge on any atom is -0.389 e. The molecule has 0 saturated carbocycles. The third kappa shape index (κ3) is 5.07. The van der Waals surface area contributed by atoms with Gasteiger partial charge in [-0.25, -0.2) is 17.2 Å². The number of alkyl halides is 3. The Morgan fingerprint density at radius 3 is 2.54 bits per heavy atom. The standard InChI is InChI=1S/C21H18F5N3O5S/c1-20(2)8-18(29-34-20)35(31,32)9-16-12-6-15(14(23)7-17(12)33-28-16)27-19(30)11-4-3-10(22)5-13(11)21(24,25)26/h3-7,19,27,30H,8-9H2,1-2H3. The lowest BCUT2D eigenvalue weighted by Crippen LogP contribution is -2.23. The van der Waals surface area contributed by atoms with Crippen molar-refractivity contribution in [2.75, 3.05) is 5.32 Å². The fourth-order valence-corrected chi connectivity index (χ4v) is 4.95. The van der Waals surface area contributed by atoms with Crippen molar-refractivity contribution in [3.8, 4) is 0 Å². The highest BCUT2D eigenvalue weighted by Crippen LogP contribution is 2.36. The Morgan fingerprint density at radius 1 is 1.20 bits per heavy atom. The van der Waals surface area contributed by atoms with E-state index in [0.29, 0.717) is 6.07 Å². The molecule has 0 spiro atoms. The first-order valence-corrected chi connectivity index (χ1v) is 11.7. The van der Waals surface area contributed by atoms with Crippen LogP contribution in [0.5, 0.6) is 0 Å². The minimum atomic E-state index is -4.99. The number of anilines is 1. The smallest absolute Gasteiger partial charge is 0.389 e. The molecule has 0 bridgehead atoms. The van der Waals surface area contributed by atoms with E-state index < -0.39 is 62.0 Å². The van der Waals surface area contributed by atoms with Crippen LogP contribution in [0.4, 0.5) is 27.6 Å². The molecule has 14 heteroatoms. The van der Waals surface area contributed by atoms with Gasteiger partial charge in [-0.3, -0.25) is 0 Å². The Balaban J connectivity index is 1.65. The molecule has 0 amide bonds. The number of aromatic nitrogens is 1. The van der Waals surface area contributed by atoms with Crippen LogP contribution in [0.2, 0.25) is 0 Å². The molecule has 1 aliphatic heterocycles. The lowest BCUT2D eigenvalue weighted by molar-refractivity contribution is -0.139. The molecule has 2 heterocycles. The SMILES string of the molecule is CC1(C)CC(S(=O)(=O)Cc2noc3cc(F)c(NC(O)c4ccc(F)cc4C(F)(F)F)cc23)=NO1. The van der Waals surface area contributed by atoms with E-state index in [-0.39, 0.29) is 34.2 Å². The summed E-state index contributed by atoms with van der Waals surface area (Å²) in [5.41, 5.74) is -3.70. The number of hydrogen-bond acceptors (Lipinski definition) is 8. The van der Waals surface area contributed by atoms with Gasteiger partial charge in [0, 0.05) is 23.4 Å². The molecule has 8 nitrogen and oxygen atoms in total. The number of oxime groups is 1. The first kappa shape index (κ1) is 24.9. The van der Waals surface area contributed by atoms with Gasteiger partial charge in [0.05, 0.1) is 11.3 Å². The van der Waals surface area contributed by atoms with Gasteiger partial charge >= 0.3 is 6.18 Å². The summed E-state index contributed by atoms with van der Waals surface area (Å²) >= 11 is 0. The van der Waals surface area contributed by atoms with Crippen molar-refractivity contribution < 1.29 is 44.8 Å². The van der Waals surface area contributed by atoms with Crippen LogP contribution in [0, 0.1) is 11.6 Å². The van der Waals surface area contributed by atoms with E-state index >= 15 is 0 Å². The molecular weight excluding hydrogens is 501 g/mol. The first-order valence-electron chi connectivity index (χ1n) is 10.0. The lowest BCUT2D eigenvalue weighted by atomic mass is 10.0. The van der Waals surface area contributed by atoms with Crippen LogP contribution < -0.4 is 5.32 Å². The maximum absolute atomic E-state index is 14.6. The number of benzene rings is 2. The number of rotatable bonds is 5. The first-order chi connectivity index (χ1) is 16.2. The average Bonchev–Trinajstić information content (AvgIpc) is 3.30. The zero-order valence-corrected chi connectivity index (χ0v) is 19.0. The van der Waals surface area contributed by atoms with Crippen molar-refractivity contribution in [1.82, 2.24) is 5.16 Å². The summed E-state index contributed by atoms with van der Waals surface area (Å²) < 4.78 is 98.3. The van der Waals surface area contributed by atoms with Crippen molar-refractivity contribution in [3.63, 3.8) is 0 Å². The number of fused-ring (bicyclic) bond motifs is 1. The Morgan fingerprint density at radius 2 is 1.91 bits per heavy atom. The van der Waals surface area contributed by atoms with Gasteiger partial charge in [0.1, 0.15) is 28.7 Å². The summed E-state index contributed by atoms with van der Waals surface area (Å²) in [5, 5.41) is 19.6. The number of aliphatic hydroxyl groups is 1. The van der Waals surface area contributed by atoms with Crippen LogP contribution in [0.1, 0.15) is 43.3 Å². The second-order valence-electron chi connectivity index (χ2n) is 8.51. The molecule has 188 valence electrons. The molecule has 35 heavy (non-hydrogen) atoms. The van der Waals surface area contributed by atoms with Gasteiger partial charge in [-0.15, -0.1) is 0 Å². The number of aliphatic hydroxyl groups excluding tert-OH is 1. The van der Waals surface area contributed by atoms with Crippen molar-refractivity contribution in [2.24, 2.45) is 5.16 Å². The Labute approximate surface area is 195 Å². The molecule has 2 aromatic carbocycles. The highest BCUT2D eigenvalue weighted by molar-refractivity contribution is 8.05. The van der Waals surface area contributed by atoms with E-state index in [4.69, 9.17) is 9.36 Å². The van der Waals surface area contributed by atoms with Crippen LogP contribution in [-0.4, -0.2) is 29.3 Å². The molecule has 0 radical (unpaired) electrons. The van der Waals surface area contributed by atoms with Crippen LogP contribution in [0.15, 0.2) is 40.0 Å². The topological polar surface area (TPSA) is 114 Å². The zero-order valence-electron chi connectivity index (χ0n) is 18.2. The maximum atomic E-state index is 14.6. The summed E-state index contributed by atoms with van der Waals surface area (Å²) in [6, 6.07) is 3.52. The average molecular weight is 519 g/mol. The molecule has 1 atom stereocenters. The maximum Gasteiger partial charge on any atom is 0.416 e. The van der Waals surface area contributed by atoms with Crippen molar-refractivity contribution in [1.29, 1.82) is 0 Å². The summed E-state index contributed by atoms with van der Waals surface area (Å²) in [4.78, 5) is 5.08. The Kier molecular flexibility index (Phi) is 6.00. The number of nitrogens with zero attached hydrogens (tertiary/aromatic N) is 2. The van der Waals surface area contributed by atoms with E-state index in [1.807, 2.05) is 0 Å². The fourth-order valence-electron chi connectivity index (χ4n) is 3.49. The van der Waals surface area contributed by atoms with Crippen molar-refractivity contribution in [3.05, 3.63) is 58.8 Å². The number of hydrogen-bond donors (Lipinski definition) is 2. The molecule has 3 aromatic rings. The highest BCUT2D eigenvalue weighted by Gasteiger charge is 2.37. The number of halogens is 5. The van der Waals surface area contributed by atoms with E-state index in [9.17, 15) is 35.5 Å². The van der Waals surface area contributed by atoms with Crippen LogP contribution >= 0.6 is 0 Å². The second kappa shape index (κ2) is 8.45. The molecule has 4 rings (SSSR count). The van der Waals surface area contributed by atoms with E-state index in [1.165, 1.54) is 0 Å². The fraction of sp³-hybridized carbons (Fsp3) is 0.333. The summed E-state index contributed by atoms with van der Waals surface area (Å²) in [6.07, 6.45) is -7.05. The minimum absolute atomic E-state index is 0.0257. The van der Waals surface area contributed by atoms with Gasteiger partial charge in [-0.05, 0) is 32.0 Å². The third-order valence-corrected chi connectivity index (χ3v) is 6.79. The molecule has 2 N–H and O–H groups in total. The molecule has 1 aromatic heterocycles. The van der Waals surface area contributed by atoms with Crippen LogP contribution in [0.3, 0.4) is 0 Å². The molecule has 0 aliphatic carbocycles. The Bertz CT molecular complexity index is 1430. The van der Waals surface area contributed by atoms with Gasteiger partial charge < -0.3 is 19.8 Å². The molecule has 1 unspecified atom stereocenters. The van der Waals surface area contributed by atoms with E-state index in [2.05, 4.69) is 15.6 Å². The summed E-state index contributed by atoms with van der Waals surface area (Å²) in [5.74, 6) is -2.85.